The SMILES string of the molecule is CCCCCCCCc1cc(/C=C2/SC(=S)N(CC)C2=O)sc1-c1ccc(-c2sc(-c3cc4c(-c5ccc(CC(CC)CCCC)s5)c5sc(-c6cc(CCCCCCCC)c(-c7ccc(-c8sc(/C=C9/SC(=S)N(CC)C9=O)cc8CCCCCCCC)s7)s6)c(-c6ccc(CC(CC)CCCC)s6)c5cc4s3)cc2CCCCCCCC)s1. The molecule has 0 saturated carbocycles. The van der Waals surface area contributed by atoms with Crippen LogP contribution in [0.5, 0.6) is 0 Å². The van der Waals surface area contributed by atoms with E-state index in [2.05, 4.69) is 198 Å². The van der Waals surface area contributed by atoms with E-state index in [4.69, 9.17) is 24.4 Å². The number of carbonyl (C=O) groups is 2. The van der Waals surface area contributed by atoms with Crippen molar-refractivity contribution >= 4 is 214 Å². The first-order valence-electron chi connectivity index (χ1n) is 46.1. The molecular weight excluding hydrogens is 1730 g/mol. The highest BCUT2D eigenvalue weighted by molar-refractivity contribution is 8.27. The molecule has 0 spiro atoms. The number of thioether (sulfide) groups is 2. The molecule has 1 aromatic carbocycles. The lowest BCUT2D eigenvalue weighted by atomic mass is 9.95. The Morgan fingerprint density at radius 1 is 0.325 bits per heavy atom. The molecule has 2 aliphatic heterocycles. The molecule has 2 fully saturated rings. The molecule has 0 aliphatic carbocycles. The van der Waals surface area contributed by atoms with Gasteiger partial charge in [-0.05, 0) is 209 Å². The fraction of sp³-hybridized carbons (Fsp3) is 0.510. The number of amides is 2. The van der Waals surface area contributed by atoms with E-state index >= 15 is 0 Å². The molecule has 11 aromatic rings. The highest BCUT2D eigenvalue weighted by Crippen LogP contribution is 2.58. The highest BCUT2D eigenvalue weighted by atomic mass is 32.2. The number of aryl methyl sites for hydroxylation is 4. The minimum Gasteiger partial charge on any atom is -0.293 e. The van der Waals surface area contributed by atoms with Crippen LogP contribution < -0.4 is 0 Å². The third kappa shape index (κ3) is 23.7. The van der Waals surface area contributed by atoms with Crippen LogP contribution in [0.3, 0.4) is 0 Å². The fourth-order valence-corrected chi connectivity index (χ4v) is 32.7. The van der Waals surface area contributed by atoms with Crippen LogP contribution in [0.1, 0.15) is 316 Å². The van der Waals surface area contributed by atoms with Crippen LogP contribution in [0.25, 0.3) is 112 Å². The van der Waals surface area contributed by atoms with Crippen molar-refractivity contribution in [2.45, 2.75) is 313 Å². The Balaban J connectivity index is 0.950. The van der Waals surface area contributed by atoms with Crippen LogP contribution in [0.4, 0.5) is 0 Å². The number of benzene rings is 1. The van der Waals surface area contributed by atoms with E-state index < -0.39 is 0 Å². The molecule has 2 saturated heterocycles. The summed E-state index contributed by atoms with van der Waals surface area (Å²) in [5.41, 5.74) is 8.65. The Labute approximate surface area is 779 Å². The van der Waals surface area contributed by atoms with Gasteiger partial charge in [0, 0.05) is 127 Å². The Hall–Kier alpha value is -3.96. The second-order valence-electron chi connectivity index (χ2n) is 33.4. The van der Waals surface area contributed by atoms with E-state index in [1.807, 2.05) is 81.9 Å². The predicted molar refractivity (Wildman–Crippen MR) is 557 cm³/mol. The van der Waals surface area contributed by atoms with Crippen molar-refractivity contribution < 1.29 is 9.59 Å². The van der Waals surface area contributed by atoms with Gasteiger partial charge in [-0.3, -0.25) is 19.4 Å². The van der Waals surface area contributed by atoms with Crippen molar-refractivity contribution in [2.75, 3.05) is 13.1 Å². The molecule has 2 aliphatic rings. The number of fused-ring (bicyclic) bond motifs is 2. The average Bonchev–Trinajstić information content (AvgIpc) is 1.56. The molecule has 4 nitrogen and oxygen atoms in total. The first-order chi connectivity index (χ1) is 58.7. The number of thiocarbonyl (C=S) groups is 2. The summed E-state index contributed by atoms with van der Waals surface area (Å²) in [4.78, 5) is 57.0. The molecular formula is C102H128N2O2S14. The van der Waals surface area contributed by atoms with Crippen LogP contribution in [-0.4, -0.2) is 43.3 Å². The van der Waals surface area contributed by atoms with Crippen molar-refractivity contribution in [3.05, 3.63) is 137 Å². The van der Waals surface area contributed by atoms with Crippen LogP contribution >= 0.6 is 161 Å². The first-order valence-corrected chi connectivity index (χ1v) is 56.8. The van der Waals surface area contributed by atoms with Gasteiger partial charge in [-0.15, -0.1) is 113 Å². The van der Waals surface area contributed by atoms with Gasteiger partial charge in [0.25, 0.3) is 11.8 Å². The van der Waals surface area contributed by atoms with Gasteiger partial charge in [0.15, 0.2) is 0 Å². The van der Waals surface area contributed by atoms with E-state index in [9.17, 15) is 9.59 Å². The van der Waals surface area contributed by atoms with E-state index in [-0.39, 0.29) is 11.8 Å². The number of hydrogen-bond donors (Lipinski definition) is 0. The molecule has 13 rings (SSSR count). The van der Waals surface area contributed by atoms with Crippen LogP contribution in [0.15, 0.2) is 94.7 Å². The summed E-state index contributed by atoms with van der Waals surface area (Å²) in [5, 5.41) is 2.79. The molecule has 10 aromatic heterocycles. The number of likely N-dealkylation sites (N-methyl/N-ethyl adjacent to an activating group) is 2. The lowest BCUT2D eigenvalue weighted by Crippen LogP contribution is -2.27. The topological polar surface area (TPSA) is 40.6 Å². The Bertz CT molecular complexity index is 5240. The maximum absolute atomic E-state index is 13.7. The second kappa shape index (κ2) is 47.2. The van der Waals surface area contributed by atoms with Gasteiger partial charge in [0.05, 0.1) is 14.7 Å². The van der Waals surface area contributed by atoms with Crippen molar-refractivity contribution in [3.8, 4) is 79.4 Å². The molecule has 642 valence electrons. The third-order valence-corrected chi connectivity index (χ3v) is 39.5. The summed E-state index contributed by atoms with van der Waals surface area (Å²) >= 11 is 34.4. The molecule has 0 radical (unpaired) electrons. The summed E-state index contributed by atoms with van der Waals surface area (Å²) in [7, 11) is 0. The molecule has 0 N–H and O–H groups in total. The first kappa shape index (κ1) is 93.7. The molecule has 0 bridgehead atoms. The van der Waals surface area contributed by atoms with Crippen LogP contribution in [0, 0.1) is 11.8 Å². The lowest BCUT2D eigenvalue weighted by molar-refractivity contribution is -0.122. The van der Waals surface area contributed by atoms with Gasteiger partial charge in [0.1, 0.15) is 8.64 Å². The smallest absolute Gasteiger partial charge is 0.266 e. The minimum atomic E-state index is 0.0322. The zero-order chi connectivity index (χ0) is 84.0. The quantitative estimate of drug-likeness (QED) is 0.0215. The van der Waals surface area contributed by atoms with E-state index in [0.29, 0.717) is 33.6 Å². The van der Waals surface area contributed by atoms with Gasteiger partial charge >= 0.3 is 0 Å². The number of rotatable bonds is 52. The number of carbonyl (C=O) groups excluding carboxylic acids is 2. The van der Waals surface area contributed by atoms with Gasteiger partial charge < -0.3 is 0 Å². The zero-order valence-corrected chi connectivity index (χ0v) is 84.5. The van der Waals surface area contributed by atoms with Crippen molar-refractivity contribution in [3.63, 3.8) is 0 Å². The average molecular weight is 1860 g/mol. The summed E-state index contributed by atoms with van der Waals surface area (Å²) < 4.78 is 4.12. The standard InChI is InChI=1S/C102H128N2O2S14/c1-11-21-27-31-35-39-45-69-59-75(63-89-99(105)103(19-9)101(107)118-89)111-93(69)81-53-55-83(113-81)95-71(47-41-37-33-29-23-13-3)61-86(116-95)87-65-77-85(115-87)66-78-92(80-52-50-74(110-80)58-68(18-8)44-26-16-6)98(120-97(78)91(77)79-51-49-73(109-79)57-67(17-7)43-25-15-5)88-62-72(48-42-38-34-30-24-14-4)96(117-88)84-56-54-82(114-84)94-70(46-40-36-32-28-22-12-2)60-76(112-94)64-90-100(106)104(20-10)102(108)119-90/h49-56,59-68H,11-48,57-58H2,1-10H3/b89-63+,90-64+. The predicted octanol–water partition coefficient (Wildman–Crippen LogP) is 37.5. The molecule has 120 heavy (non-hydrogen) atoms. The summed E-state index contributed by atoms with van der Waals surface area (Å²) in [6, 6.07) is 35.2. The Morgan fingerprint density at radius 2 is 0.692 bits per heavy atom. The zero-order valence-electron chi connectivity index (χ0n) is 73.1. The van der Waals surface area contributed by atoms with Gasteiger partial charge in [-0.2, -0.15) is 0 Å². The largest absolute Gasteiger partial charge is 0.293 e. The Kier molecular flexibility index (Phi) is 36.8. The number of hydrogen-bond acceptors (Lipinski definition) is 16. The highest BCUT2D eigenvalue weighted by Gasteiger charge is 2.34. The maximum atomic E-state index is 13.7. The van der Waals surface area contributed by atoms with Crippen molar-refractivity contribution in [1.82, 2.24) is 9.80 Å². The van der Waals surface area contributed by atoms with Crippen molar-refractivity contribution in [2.24, 2.45) is 11.8 Å². The summed E-state index contributed by atoms with van der Waals surface area (Å²) in [5.74, 6) is 1.42. The van der Waals surface area contributed by atoms with Crippen molar-refractivity contribution in [1.29, 1.82) is 0 Å². The summed E-state index contributed by atoms with van der Waals surface area (Å²) in [6.45, 7) is 24.0. The van der Waals surface area contributed by atoms with E-state index in [1.165, 1.54) is 361 Å². The molecule has 2 amide bonds. The third-order valence-electron chi connectivity index (χ3n) is 24.3. The molecule has 12 heterocycles. The van der Waals surface area contributed by atoms with E-state index in [0.717, 1.165) is 58.1 Å². The lowest BCUT2D eigenvalue weighted by Gasteiger charge is -2.12. The van der Waals surface area contributed by atoms with Crippen LogP contribution in [0.2, 0.25) is 0 Å². The number of unbranched alkanes of at least 4 members (excludes halogenated alkanes) is 22. The molecule has 2 unspecified atom stereocenters. The monoisotopic (exact) mass is 1860 g/mol. The minimum absolute atomic E-state index is 0.0322. The molecule has 18 heteroatoms. The fourth-order valence-electron chi connectivity index (χ4n) is 17.3. The second-order valence-corrected chi connectivity index (χ2v) is 47.6. The maximum Gasteiger partial charge on any atom is 0.266 e. The summed E-state index contributed by atoms with van der Waals surface area (Å²) in [6.07, 6.45) is 51.1. The van der Waals surface area contributed by atoms with Gasteiger partial charge in [-0.1, -0.05) is 283 Å². The Morgan fingerprint density at radius 3 is 1.10 bits per heavy atom. The normalized spacial score (nSPS) is 14.7. The van der Waals surface area contributed by atoms with Gasteiger partial charge in [-0.25, -0.2) is 0 Å². The van der Waals surface area contributed by atoms with Gasteiger partial charge in [0.2, 0.25) is 0 Å². The molecule has 2 atom stereocenters. The van der Waals surface area contributed by atoms with E-state index in [1.54, 1.807) is 9.80 Å². The number of thiophene rings is 10. The van der Waals surface area contributed by atoms with Crippen LogP contribution in [-0.2, 0) is 48.1 Å². The number of nitrogens with zero attached hydrogens (tertiary/aromatic N) is 2.